The lowest BCUT2D eigenvalue weighted by atomic mass is 9.98. The number of nitrogens with zero attached hydrogens (tertiary/aromatic N) is 1. The fraction of sp³-hybridized carbons (Fsp3) is 0.230. The third-order valence-corrected chi connectivity index (χ3v) is 15.5. The minimum absolute atomic E-state index is 0.000146. The van der Waals surface area contributed by atoms with E-state index in [-0.39, 0.29) is 44.5 Å². The van der Waals surface area contributed by atoms with Crippen LogP contribution in [0.4, 0.5) is 0 Å². The van der Waals surface area contributed by atoms with E-state index in [1.54, 1.807) is 109 Å². The normalized spacial score (nSPS) is 23.1. The van der Waals surface area contributed by atoms with Gasteiger partial charge in [-0.15, -0.1) is 0 Å². The summed E-state index contributed by atoms with van der Waals surface area (Å²) in [6, 6.07) is 53.7. The third kappa shape index (κ3) is 16.6. The highest BCUT2D eigenvalue weighted by Gasteiger charge is 2.58. The van der Waals surface area contributed by atoms with Crippen molar-refractivity contribution in [3.8, 4) is 23.3 Å². The maximum atomic E-state index is 15.7. The number of nitriles is 1. The van der Waals surface area contributed by atoms with Gasteiger partial charge in [-0.25, -0.2) is 28.3 Å². The highest BCUT2D eigenvalue weighted by molar-refractivity contribution is 7.48. The van der Waals surface area contributed by atoms with Gasteiger partial charge in [0.2, 0.25) is 24.8 Å². The van der Waals surface area contributed by atoms with E-state index < -0.39 is 127 Å². The Morgan fingerprint density at radius 1 is 0.488 bits per heavy atom. The Morgan fingerprint density at radius 3 is 1.27 bits per heavy atom. The van der Waals surface area contributed by atoms with Gasteiger partial charge < -0.3 is 47.5 Å². The van der Waals surface area contributed by atoms with Gasteiger partial charge in [-0.05, 0) is 84.9 Å². The van der Waals surface area contributed by atoms with Crippen LogP contribution in [0.5, 0.6) is 17.2 Å². The topological polar surface area (TPSA) is 287 Å². The Hall–Kier alpha value is -8.26. The first kappa shape index (κ1) is 62.3. The molecule has 7 aromatic carbocycles. The number of ether oxygens (including phenoxy) is 8. The van der Waals surface area contributed by atoms with Crippen molar-refractivity contribution >= 4 is 51.1 Å². The van der Waals surface area contributed by atoms with E-state index in [9.17, 15) is 39.0 Å². The number of para-hydroxylation sites is 3. The maximum absolute atomic E-state index is 15.7. The molecule has 0 bridgehead atoms. The molecular weight excluding hydrogens is 1180 g/mol. The van der Waals surface area contributed by atoms with Gasteiger partial charge in [0.05, 0.1) is 59.6 Å². The van der Waals surface area contributed by atoms with Crippen LogP contribution < -0.4 is 14.0 Å². The molecule has 86 heavy (non-hydrogen) atoms. The van der Waals surface area contributed by atoms with Gasteiger partial charge in [-0.2, -0.15) is 5.26 Å². The number of benzene rings is 7. The van der Waals surface area contributed by atoms with Crippen molar-refractivity contribution in [3.05, 3.63) is 234 Å². The van der Waals surface area contributed by atoms with Crippen molar-refractivity contribution in [3.63, 3.8) is 0 Å². The van der Waals surface area contributed by atoms with E-state index in [2.05, 4.69) is 0 Å². The first-order chi connectivity index (χ1) is 41.7. The van der Waals surface area contributed by atoms with Gasteiger partial charge in [0.1, 0.15) is 41.7 Å². The lowest BCUT2D eigenvalue weighted by molar-refractivity contribution is -0.277. The Balaban J connectivity index is 1.14. The minimum atomic E-state index is -5.56. The van der Waals surface area contributed by atoms with Gasteiger partial charge in [0.25, 0.3) is 0 Å². The number of aliphatic hydroxyl groups excluding tert-OH is 1. The summed E-state index contributed by atoms with van der Waals surface area (Å²) >= 11 is 6.37. The van der Waals surface area contributed by atoms with Crippen molar-refractivity contribution < 1.29 is 98.8 Å². The number of esters is 4. The second-order valence-electron chi connectivity index (χ2n) is 18.7. The van der Waals surface area contributed by atoms with E-state index in [4.69, 9.17) is 72.1 Å². The highest BCUT2D eigenvalue weighted by atomic mass is 35.5. The van der Waals surface area contributed by atoms with Crippen molar-refractivity contribution in [1.29, 1.82) is 5.26 Å². The molecular formula is C61H54ClNO21P2. The van der Waals surface area contributed by atoms with E-state index in [0.717, 1.165) is 0 Å². The summed E-state index contributed by atoms with van der Waals surface area (Å²) in [5.74, 6) is -4.19. The van der Waals surface area contributed by atoms with Crippen LogP contribution in [0.3, 0.4) is 0 Å². The highest BCUT2D eigenvalue weighted by Crippen LogP contribution is 2.55. The fourth-order valence-corrected chi connectivity index (χ4v) is 11.4. The number of phosphoric ester groups is 2. The largest absolute Gasteiger partial charge is 0.527 e. The zero-order valence-electron chi connectivity index (χ0n) is 45.1. The van der Waals surface area contributed by atoms with E-state index in [1.165, 1.54) is 97.1 Å². The standard InChI is InChI=1S/C61H54ClNO21P2/c62-46-34-19-20-35-47(46)82-85(69,70)83-51-49(77-61(75-45-32-17-6-18-33-45)55(81-59(68)43-28-13-4-14-29-43)53(51)79-57(66)41-24-9-2-10-25-41)39-73-86(71,72-37-21-36-63)84-50-48(38-64)76-60(74-44-30-15-5-16-31-44)54(80-58(67)42-26-11-3-12-27-42)52(50)78-56(65)40-22-7-1-8-23-40/h1-20,22-35,48-55,60-61,64H,21,37-39H2,(H,69,70)/t48-,49-,50-,51-,52+,53+,54-,55-,60-,61-,86?/m1/s1. The summed E-state index contributed by atoms with van der Waals surface area (Å²) < 4.78 is 109. The zero-order chi connectivity index (χ0) is 60.5. The number of rotatable bonds is 25. The van der Waals surface area contributed by atoms with Crippen LogP contribution in [0.25, 0.3) is 0 Å². The van der Waals surface area contributed by atoms with Crippen molar-refractivity contribution in [1.82, 2.24) is 0 Å². The van der Waals surface area contributed by atoms with Crippen LogP contribution >= 0.6 is 27.2 Å². The molecule has 2 heterocycles. The van der Waals surface area contributed by atoms with E-state index >= 15 is 4.57 Å². The molecule has 2 saturated heterocycles. The molecule has 0 aromatic heterocycles. The first-order valence-electron chi connectivity index (χ1n) is 26.5. The summed E-state index contributed by atoms with van der Waals surface area (Å²) in [6.45, 7) is -2.83. The third-order valence-electron chi connectivity index (χ3n) is 12.8. The summed E-state index contributed by atoms with van der Waals surface area (Å²) in [6.07, 6.45) is -19.7. The maximum Gasteiger partial charge on any atom is 0.527 e. The summed E-state index contributed by atoms with van der Waals surface area (Å²) in [7, 11) is -11.0. The van der Waals surface area contributed by atoms with Crippen molar-refractivity contribution in [2.75, 3.05) is 19.8 Å². The fourth-order valence-electron chi connectivity index (χ4n) is 8.76. The summed E-state index contributed by atoms with van der Waals surface area (Å²) in [5.41, 5.74) is -0.0372. The monoisotopic (exact) mass is 1230 g/mol. The number of hydrogen-bond acceptors (Lipinski definition) is 21. The zero-order valence-corrected chi connectivity index (χ0v) is 47.6. The Labute approximate surface area is 497 Å². The van der Waals surface area contributed by atoms with E-state index in [1.807, 2.05) is 6.07 Å². The Bertz CT molecular complexity index is 3500. The number of carbonyl (C=O) groups is 4. The SMILES string of the molecule is N#CCCOP(=O)(OC[C@H]1O[C@@H](Oc2ccccc2)[C@H](OC(=O)c2ccccc2)[C@@H](OC(=O)c2ccccc2)[C@@H]1OP(=O)(O)Oc1ccccc1Cl)O[C@H]1[C@H](OC(=O)c2ccccc2)[C@@H](OC(=O)c2ccccc2)[C@H](Oc2ccccc2)O[C@@H]1CO. The van der Waals surface area contributed by atoms with Gasteiger partial charge in [-0.1, -0.05) is 133 Å². The molecule has 12 atom stereocenters. The van der Waals surface area contributed by atoms with Gasteiger partial charge in [0.15, 0.2) is 12.2 Å². The number of carbonyl (C=O) groups excluding carboxylic acids is 4. The smallest absolute Gasteiger partial charge is 0.461 e. The molecule has 0 aliphatic carbocycles. The van der Waals surface area contributed by atoms with Crippen molar-refractivity contribution in [2.24, 2.45) is 0 Å². The second kappa shape index (κ2) is 29.7. The van der Waals surface area contributed by atoms with Crippen LogP contribution in [0.1, 0.15) is 47.9 Å². The van der Waals surface area contributed by atoms with Crippen LogP contribution in [0, 0.1) is 11.3 Å². The molecule has 7 aromatic rings. The minimum Gasteiger partial charge on any atom is -0.461 e. The molecule has 2 fully saturated rings. The number of hydrogen-bond donors (Lipinski definition) is 2. The summed E-state index contributed by atoms with van der Waals surface area (Å²) in [4.78, 5) is 68.5. The predicted octanol–water partition coefficient (Wildman–Crippen LogP) is 10.1. The Kier molecular flexibility index (Phi) is 21.5. The molecule has 22 nitrogen and oxygen atoms in total. The molecule has 2 aliphatic rings. The molecule has 0 radical (unpaired) electrons. The molecule has 446 valence electrons. The molecule has 9 rings (SSSR count). The van der Waals surface area contributed by atoms with Gasteiger partial charge in [-0.3, -0.25) is 23.0 Å². The average molecular weight is 1230 g/mol. The van der Waals surface area contributed by atoms with Gasteiger partial charge in [0, 0.05) is 0 Å². The quantitative estimate of drug-likeness (QED) is 0.0233. The summed E-state index contributed by atoms with van der Waals surface area (Å²) in [5, 5.41) is 20.7. The Morgan fingerprint density at radius 2 is 0.860 bits per heavy atom. The van der Waals surface area contributed by atoms with Crippen molar-refractivity contribution in [2.45, 2.75) is 67.8 Å². The number of aliphatic hydroxyl groups is 1. The van der Waals surface area contributed by atoms with Crippen LogP contribution in [0.15, 0.2) is 206 Å². The van der Waals surface area contributed by atoms with Crippen LogP contribution in [-0.4, -0.2) is 115 Å². The molecule has 25 heteroatoms. The number of halogens is 1. The first-order valence-corrected chi connectivity index (χ1v) is 29.8. The number of phosphoric acid groups is 2. The molecule has 2 N–H and O–H groups in total. The van der Waals surface area contributed by atoms with Crippen LogP contribution in [0.2, 0.25) is 5.02 Å². The molecule has 0 saturated carbocycles. The second-order valence-corrected chi connectivity index (χ2v) is 22.0. The molecule has 2 aliphatic heterocycles. The lowest BCUT2D eigenvalue weighted by Crippen LogP contribution is -2.63. The average Bonchev–Trinajstić information content (AvgIpc) is 1.24. The van der Waals surface area contributed by atoms with Crippen LogP contribution in [-0.2, 0) is 55.6 Å². The molecule has 0 amide bonds. The van der Waals surface area contributed by atoms with E-state index in [0.29, 0.717) is 0 Å². The molecule has 0 spiro atoms. The lowest BCUT2D eigenvalue weighted by Gasteiger charge is -2.45. The predicted molar refractivity (Wildman–Crippen MR) is 303 cm³/mol. The molecule has 2 unspecified atom stereocenters. The van der Waals surface area contributed by atoms with Gasteiger partial charge >= 0.3 is 39.5 Å².